The van der Waals surface area contributed by atoms with Crippen molar-refractivity contribution in [3.8, 4) is 11.1 Å². The average Bonchev–Trinajstić information content (AvgIpc) is 2.33. The molecular formula is C13H12BrCl2N. The Morgan fingerprint density at radius 1 is 1.06 bits per heavy atom. The van der Waals surface area contributed by atoms with E-state index in [4.69, 9.17) is 17.3 Å². The van der Waals surface area contributed by atoms with Crippen LogP contribution in [0.4, 0.5) is 0 Å². The molecule has 0 saturated carbocycles. The molecule has 0 spiro atoms. The molecule has 17 heavy (non-hydrogen) atoms. The van der Waals surface area contributed by atoms with Gasteiger partial charge in [-0.1, -0.05) is 48.0 Å². The SMILES string of the molecule is Cl.NCc1ccc(-c2cccc(Br)c2Cl)cc1. The zero-order valence-electron chi connectivity index (χ0n) is 8.99. The quantitative estimate of drug-likeness (QED) is 0.851. The Hall–Kier alpha value is -0.540. The third-order valence-electron chi connectivity index (χ3n) is 2.45. The highest BCUT2D eigenvalue weighted by Crippen LogP contribution is 2.33. The molecule has 0 atom stereocenters. The summed E-state index contributed by atoms with van der Waals surface area (Å²) in [4.78, 5) is 0. The van der Waals surface area contributed by atoms with Crippen molar-refractivity contribution in [1.29, 1.82) is 0 Å². The Labute approximate surface area is 121 Å². The minimum absolute atomic E-state index is 0. The first-order chi connectivity index (χ1) is 7.72. The van der Waals surface area contributed by atoms with E-state index in [0.717, 1.165) is 26.2 Å². The molecule has 4 heteroatoms. The summed E-state index contributed by atoms with van der Waals surface area (Å²) < 4.78 is 0.912. The smallest absolute Gasteiger partial charge is 0.0626 e. The van der Waals surface area contributed by atoms with Crippen LogP contribution in [-0.4, -0.2) is 0 Å². The largest absolute Gasteiger partial charge is 0.326 e. The van der Waals surface area contributed by atoms with E-state index < -0.39 is 0 Å². The molecule has 0 aliphatic rings. The van der Waals surface area contributed by atoms with Crippen molar-refractivity contribution in [1.82, 2.24) is 0 Å². The highest BCUT2D eigenvalue weighted by Gasteiger charge is 2.05. The first kappa shape index (κ1) is 14.5. The minimum Gasteiger partial charge on any atom is -0.326 e. The standard InChI is InChI=1S/C13H11BrClN.ClH/c14-12-3-1-2-11(13(12)15)10-6-4-9(8-16)5-7-10;/h1-7H,8,16H2;1H. The van der Waals surface area contributed by atoms with Gasteiger partial charge in [-0.15, -0.1) is 12.4 Å². The van der Waals surface area contributed by atoms with Gasteiger partial charge in [-0.2, -0.15) is 0 Å². The highest BCUT2D eigenvalue weighted by molar-refractivity contribution is 9.10. The summed E-state index contributed by atoms with van der Waals surface area (Å²) in [6, 6.07) is 14.0. The van der Waals surface area contributed by atoms with Gasteiger partial charge in [-0.05, 0) is 33.1 Å². The Kier molecular flexibility index (Phi) is 5.47. The first-order valence-corrected chi connectivity index (χ1v) is 6.13. The molecule has 0 aromatic heterocycles. The summed E-state index contributed by atoms with van der Waals surface area (Å²) in [6.07, 6.45) is 0. The van der Waals surface area contributed by atoms with E-state index in [9.17, 15) is 0 Å². The van der Waals surface area contributed by atoms with E-state index in [-0.39, 0.29) is 12.4 Å². The fourth-order valence-electron chi connectivity index (χ4n) is 1.55. The molecule has 0 unspecified atom stereocenters. The van der Waals surface area contributed by atoms with Crippen molar-refractivity contribution in [3.05, 3.63) is 57.5 Å². The lowest BCUT2D eigenvalue weighted by atomic mass is 10.0. The lowest BCUT2D eigenvalue weighted by Gasteiger charge is -2.06. The second-order valence-corrected chi connectivity index (χ2v) is 4.73. The predicted molar refractivity (Wildman–Crippen MR) is 79.7 cm³/mol. The van der Waals surface area contributed by atoms with Crippen molar-refractivity contribution < 1.29 is 0 Å². The van der Waals surface area contributed by atoms with Gasteiger partial charge in [-0.3, -0.25) is 0 Å². The Balaban J connectivity index is 0.00000144. The van der Waals surface area contributed by atoms with Gasteiger partial charge in [0.05, 0.1) is 5.02 Å². The van der Waals surface area contributed by atoms with Crippen LogP contribution in [0, 0.1) is 0 Å². The van der Waals surface area contributed by atoms with Crippen molar-refractivity contribution in [3.63, 3.8) is 0 Å². The summed E-state index contributed by atoms with van der Waals surface area (Å²) in [6.45, 7) is 0.562. The monoisotopic (exact) mass is 331 g/mol. The van der Waals surface area contributed by atoms with Gasteiger partial charge in [0.1, 0.15) is 0 Å². The van der Waals surface area contributed by atoms with Gasteiger partial charge >= 0.3 is 0 Å². The maximum Gasteiger partial charge on any atom is 0.0626 e. The van der Waals surface area contributed by atoms with Crippen LogP contribution in [0.2, 0.25) is 5.02 Å². The Morgan fingerprint density at radius 2 is 1.71 bits per heavy atom. The predicted octanol–water partition coefficient (Wildman–Crippen LogP) is 4.65. The lowest BCUT2D eigenvalue weighted by Crippen LogP contribution is -1.95. The topological polar surface area (TPSA) is 26.0 Å². The molecule has 2 N–H and O–H groups in total. The molecule has 0 amide bonds. The zero-order chi connectivity index (χ0) is 11.5. The molecular weight excluding hydrogens is 321 g/mol. The summed E-state index contributed by atoms with van der Waals surface area (Å²) >= 11 is 9.65. The molecule has 0 aliphatic carbocycles. The van der Waals surface area contributed by atoms with Gasteiger partial charge < -0.3 is 5.73 Å². The fraction of sp³-hybridized carbons (Fsp3) is 0.0769. The maximum atomic E-state index is 6.23. The molecule has 0 saturated heterocycles. The molecule has 1 nitrogen and oxygen atoms in total. The van der Waals surface area contributed by atoms with Crippen molar-refractivity contribution in [2.75, 3.05) is 0 Å². The number of halogens is 3. The van der Waals surface area contributed by atoms with E-state index in [2.05, 4.69) is 15.9 Å². The molecule has 0 radical (unpaired) electrons. The molecule has 2 aromatic rings. The van der Waals surface area contributed by atoms with Crippen LogP contribution in [0.15, 0.2) is 46.9 Å². The van der Waals surface area contributed by atoms with Crippen LogP contribution in [0.25, 0.3) is 11.1 Å². The van der Waals surface area contributed by atoms with Gasteiger partial charge in [-0.25, -0.2) is 0 Å². The van der Waals surface area contributed by atoms with Crippen molar-refractivity contribution in [2.24, 2.45) is 5.73 Å². The number of benzene rings is 2. The minimum atomic E-state index is 0. The Bertz CT molecular complexity index is 497. The first-order valence-electron chi connectivity index (χ1n) is 4.96. The summed E-state index contributed by atoms with van der Waals surface area (Å²) in [7, 11) is 0. The van der Waals surface area contributed by atoms with E-state index in [0.29, 0.717) is 6.54 Å². The lowest BCUT2D eigenvalue weighted by molar-refractivity contribution is 1.07. The van der Waals surface area contributed by atoms with Gasteiger partial charge in [0.2, 0.25) is 0 Å². The number of hydrogen-bond donors (Lipinski definition) is 1. The van der Waals surface area contributed by atoms with E-state index in [1.807, 2.05) is 42.5 Å². The van der Waals surface area contributed by atoms with Gasteiger partial charge in [0.15, 0.2) is 0 Å². The molecule has 0 heterocycles. The van der Waals surface area contributed by atoms with Crippen LogP contribution in [-0.2, 0) is 6.54 Å². The molecule has 2 aromatic carbocycles. The van der Waals surface area contributed by atoms with E-state index in [1.165, 1.54) is 0 Å². The van der Waals surface area contributed by atoms with Crippen LogP contribution >= 0.6 is 39.9 Å². The molecule has 90 valence electrons. The Morgan fingerprint density at radius 3 is 2.29 bits per heavy atom. The van der Waals surface area contributed by atoms with E-state index >= 15 is 0 Å². The normalized spacial score (nSPS) is 9.82. The second-order valence-electron chi connectivity index (χ2n) is 3.50. The summed E-state index contributed by atoms with van der Waals surface area (Å²) in [5.41, 5.74) is 8.81. The molecule has 0 bridgehead atoms. The second kappa shape index (κ2) is 6.41. The zero-order valence-corrected chi connectivity index (χ0v) is 12.1. The fourth-order valence-corrected chi connectivity index (χ4v) is 2.15. The number of hydrogen-bond acceptors (Lipinski definition) is 1. The molecule has 0 aliphatic heterocycles. The molecule has 0 fully saturated rings. The third-order valence-corrected chi connectivity index (χ3v) is 3.75. The number of rotatable bonds is 2. The van der Waals surface area contributed by atoms with Gasteiger partial charge in [0.25, 0.3) is 0 Å². The van der Waals surface area contributed by atoms with Crippen LogP contribution in [0.3, 0.4) is 0 Å². The third kappa shape index (κ3) is 3.23. The van der Waals surface area contributed by atoms with Crippen LogP contribution < -0.4 is 5.73 Å². The summed E-state index contributed by atoms with van der Waals surface area (Å²) in [5.74, 6) is 0. The van der Waals surface area contributed by atoms with E-state index in [1.54, 1.807) is 0 Å². The maximum absolute atomic E-state index is 6.23. The van der Waals surface area contributed by atoms with Crippen molar-refractivity contribution in [2.45, 2.75) is 6.54 Å². The number of nitrogens with two attached hydrogens (primary N) is 1. The van der Waals surface area contributed by atoms with Crippen LogP contribution in [0.1, 0.15) is 5.56 Å². The summed E-state index contributed by atoms with van der Waals surface area (Å²) in [5, 5.41) is 0.739. The van der Waals surface area contributed by atoms with Crippen molar-refractivity contribution >= 4 is 39.9 Å². The van der Waals surface area contributed by atoms with Gasteiger partial charge in [0, 0.05) is 16.6 Å². The van der Waals surface area contributed by atoms with Crippen LogP contribution in [0.5, 0.6) is 0 Å². The molecule has 2 rings (SSSR count). The average molecular weight is 333 g/mol. The highest BCUT2D eigenvalue weighted by atomic mass is 79.9.